The van der Waals surface area contributed by atoms with Gasteiger partial charge in [0.25, 0.3) is 0 Å². The molecule has 1 amide bonds. The summed E-state index contributed by atoms with van der Waals surface area (Å²) in [4.78, 5) is 12.3. The molecule has 1 unspecified atom stereocenters. The maximum atomic E-state index is 12.6. The lowest BCUT2D eigenvalue weighted by Gasteiger charge is -2.06. The molecule has 1 rings (SSSR count). The monoisotopic (exact) mass is 271 g/mol. The van der Waals surface area contributed by atoms with E-state index in [9.17, 15) is 9.18 Å². The van der Waals surface area contributed by atoms with Crippen LogP contribution in [-0.2, 0) is 4.79 Å². The highest BCUT2D eigenvalue weighted by molar-refractivity contribution is 8.00. The second-order valence-electron chi connectivity index (χ2n) is 4.08. The van der Waals surface area contributed by atoms with E-state index in [1.807, 2.05) is 0 Å². The van der Waals surface area contributed by atoms with Gasteiger partial charge in [0, 0.05) is 11.4 Å². The lowest BCUT2D eigenvalue weighted by Crippen LogP contribution is -2.26. The molecule has 1 aromatic carbocycles. The molecular weight excluding hydrogens is 253 g/mol. The van der Waals surface area contributed by atoms with Crippen molar-refractivity contribution >= 4 is 17.7 Å². The molecule has 1 atom stereocenters. The molecule has 0 aromatic heterocycles. The fraction of sp³-hybridized carbons (Fsp3) is 0.462. The number of rotatable bonds is 7. The number of benzene rings is 1. The third kappa shape index (κ3) is 6.61. The van der Waals surface area contributed by atoms with E-state index in [2.05, 4.69) is 5.32 Å². The van der Waals surface area contributed by atoms with E-state index in [4.69, 9.17) is 5.11 Å². The van der Waals surface area contributed by atoms with Crippen molar-refractivity contribution in [1.82, 2.24) is 5.32 Å². The number of aliphatic hydroxyl groups excluding tert-OH is 1. The first-order valence-corrected chi connectivity index (χ1v) is 6.89. The van der Waals surface area contributed by atoms with Crippen LogP contribution < -0.4 is 5.32 Å². The zero-order chi connectivity index (χ0) is 13.4. The average molecular weight is 271 g/mol. The molecule has 0 fully saturated rings. The fourth-order valence-electron chi connectivity index (χ4n) is 1.36. The molecule has 0 spiro atoms. The molecule has 0 aliphatic rings. The summed E-state index contributed by atoms with van der Waals surface area (Å²) in [7, 11) is 0. The number of hydrogen-bond donors (Lipinski definition) is 2. The summed E-state index contributed by atoms with van der Waals surface area (Å²) in [5, 5.41) is 11.8. The van der Waals surface area contributed by atoms with Crippen molar-refractivity contribution in [2.45, 2.75) is 30.8 Å². The largest absolute Gasteiger partial charge is 0.393 e. The molecule has 0 bridgehead atoms. The molecule has 3 nitrogen and oxygen atoms in total. The Morgan fingerprint density at radius 2 is 2.11 bits per heavy atom. The highest BCUT2D eigenvalue weighted by Crippen LogP contribution is 2.17. The number of nitrogens with one attached hydrogen (secondary N) is 1. The predicted octanol–water partition coefficient (Wildman–Crippen LogP) is 2.20. The molecule has 100 valence electrons. The van der Waals surface area contributed by atoms with Gasteiger partial charge < -0.3 is 10.4 Å². The molecule has 18 heavy (non-hydrogen) atoms. The van der Waals surface area contributed by atoms with Gasteiger partial charge in [-0.3, -0.25) is 4.79 Å². The van der Waals surface area contributed by atoms with Gasteiger partial charge in [0.05, 0.1) is 11.9 Å². The Labute approximate surface area is 111 Å². The average Bonchev–Trinajstić information content (AvgIpc) is 2.34. The van der Waals surface area contributed by atoms with Gasteiger partial charge in [-0.2, -0.15) is 0 Å². The van der Waals surface area contributed by atoms with E-state index in [0.29, 0.717) is 18.7 Å². The van der Waals surface area contributed by atoms with Crippen LogP contribution in [0, 0.1) is 5.82 Å². The van der Waals surface area contributed by atoms with Crippen LogP contribution in [0.1, 0.15) is 19.8 Å². The normalized spacial score (nSPS) is 12.2. The van der Waals surface area contributed by atoms with Gasteiger partial charge in [0.15, 0.2) is 0 Å². The van der Waals surface area contributed by atoms with Gasteiger partial charge in [-0.15, -0.1) is 11.8 Å². The molecule has 0 aliphatic heterocycles. The zero-order valence-corrected chi connectivity index (χ0v) is 11.2. The van der Waals surface area contributed by atoms with Crippen LogP contribution >= 0.6 is 11.8 Å². The highest BCUT2D eigenvalue weighted by atomic mass is 32.2. The third-order valence-electron chi connectivity index (χ3n) is 2.30. The number of halogens is 1. The van der Waals surface area contributed by atoms with Crippen molar-refractivity contribution < 1.29 is 14.3 Å². The summed E-state index contributed by atoms with van der Waals surface area (Å²) in [5.41, 5.74) is 0. The van der Waals surface area contributed by atoms with Gasteiger partial charge in [0.2, 0.25) is 5.91 Å². The first kappa shape index (κ1) is 15.0. The summed E-state index contributed by atoms with van der Waals surface area (Å²) in [6, 6.07) is 6.06. The minimum atomic E-state index is -0.324. The minimum Gasteiger partial charge on any atom is -0.393 e. The second-order valence-corrected chi connectivity index (χ2v) is 5.13. The lowest BCUT2D eigenvalue weighted by atomic mass is 10.2. The van der Waals surface area contributed by atoms with Gasteiger partial charge in [-0.25, -0.2) is 4.39 Å². The number of amides is 1. The van der Waals surface area contributed by atoms with Crippen molar-refractivity contribution in [2.24, 2.45) is 0 Å². The number of carbonyl (C=O) groups excluding carboxylic acids is 1. The third-order valence-corrected chi connectivity index (χ3v) is 3.32. The van der Waals surface area contributed by atoms with Crippen LogP contribution in [0.25, 0.3) is 0 Å². The Balaban J connectivity index is 2.15. The standard InChI is InChI=1S/C13H18FNO2S/c1-10(16)3-2-8-15-13(17)9-18-12-6-4-11(14)5-7-12/h4-7,10,16H,2-3,8-9H2,1H3,(H,15,17). The Hall–Kier alpha value is -1.07. The zero-order valence-electron chi connectivity index (χ0n) is 10.4. The SMILES string of the molecule is CC(O)CCCNC(=O)CSc1ccc(F)cc1. The summed E-state index contributed by atoms with van der Waals surface area (Å²) >= 11 is 1.37. The first-order valence-electron chi connectivity index (χ1n) is 5.91. The number of hydrogen-bond acceptors (Lipinski definition) is 3. The van der Waals surface area contributed by atoms with Crippen molar-refractivity contribution in [3.8, 4) is 0 Å². The fourth-order valence-corrected chi connectivity index (χ4v) is 2.08. The molecular formula is C13H18FNO2S. The Bertz CT molecular complexity index is 368. The lowest BCUT2D eigenvalue weighted by molar-refractivity contribution is -0.118. The van der Waals surface area contributed by atoms with Crippen LogP contribution in [0.5, 0.6) is 0 Å². The molecule has 0 saturated carbocycles. The van der Waals surface area contributed by atoms with Crippen molar-refractivity contribution in [1.29, 1.82) is 0 Å². The highest BCUT2D eigenvalue weighted by Gasteiger charge is 2.03. The molecule has 0 aliphatic carbocycles. The Kier molecular flexibility index (Phi) is 6.75. The van der Waals surface area contributed by atoms with Gasteiger partial charge in [-0.1, -0.05) is 0 Å². The van der Waals surface area contributed by atoms with E-state index in [1.54, 1.807) is 19.1 Å². The molecule has 0 radical (unpaired) electrons. The summed E-state index contributed by atoms with van der Waals surface area (Å²) < 4.78 is 12.6. The van der Waals surface area contributed by atoms with E-state index in [-0.39, 0.29) is 17.8 Å². The van der Waals surface area contributed by atoms with Crippen molar-refractivity contribution in [2.75, 3.05) is 12.3 Å². The van der Waals surface area contributed by atoms with E-state index in [1.165, 1.54) is 23.9 Å². The smallest absolute Gasteiger partial charge is 0.230 e. The van der Waals surface area contributed by atoms with Gasteiger partial charge >= 0.3 is 0 Å². The van der Waals surface area contributed by atoms with Crippen LogP contribution in [0.15, 0.2) is 29.2 Å². The topological polar surface area (TPSA) is 49.3 Å². The van der Waals surface area contributed by atoms with Crippen molar-refractivity contribution in [3.63, 3.8) is 0 Å². The minimum absolute atomic E-state index is 0.0464. The summed E-state index contributed by atoms with van der Waals surface area (Å²) in [5.74, 6) is -0.00261. The molecule has 1 aromatic rings. The van der Waals surface area contributed by atoms with Crippen LogP contribution in [-0.4, -0.2) is 29.4 Å². The predicted molar refractivity (Wildman–Crippen MR) is 71.0 cm³/mol. The quantitative estimate of drug-likeness (QED) is 0.590. The Morgan fingerprint density at radius 1 is 1.44 bits per heavy atom. The maximum Gasteiger partial charge on any atom is 0.230 e. The Morgan fingerprint density at radius 3 is 2.72 bits per heavy atom. The number of thioether (sulfide) groups is 1. The molecule has 2 N–H and O–H groups in total. The van der Waals surface area contributed by atoms with Gasteiger partial charge in [-0.05, 0) is 44.0 Å². The van der Waals surface area contributed by atoms with Crippen LogP contribution in [0.3, 0.4) is 0 Å². The van der Waals surface area contributed by atoms with Gasteiger partial charge in [0.1, 0.15) is 5.82 Å². The number of carbonyl (C=O) groups is 1. The summed E-state index contributed by atoms with van der Waals surface area (Å²) in [6.45, 7) is 2.31. The van der Waals surface area contributed by atoms with E-state index in [0.717, 1.165) is 11.3 Å². The van der Waals surface area contributed by atoms with Crippen molar-refractivity contribution in [3.05, 3.63) is 30.1 Å². The molecule has 5 heteroatoms. The maximum absolute atomic E-state index is 12.6. The number of aliphatic hydroxyl groups is 1. The molecule has 0 heterocycles. The second kappa shape index (κ2) is 8.11. The van der Waals surface area contributed by atoms with Crippen LogP contribution in [0.2, 0.25) is 0 Å². The summed E-state index contributed by atoms with van der Waals surface area (Å²) in [6.07, 6.45) is 1.13. The van der Waals surface area contributed by atoms with Crippen LogP contribution in [0.4, 0.5) is 4.39 Å². The van der Waals surface area contributed by atoms with E-state index >= 15 is 0 Å². The first-order chi connectivity index (χ1) is 8.58. The molecule has 0 saturated heterocycles. The van der Waals surface area contributed by atoms with E-state index < -0.39 is 0 Å².